The van der Waals surface area contributed by atoms with Crippen molar-refractivity contribution in [2.75, 3.05) is 25.3 Å². The van der Waals surface area contributed by atoms with Gasteiger partial charge in [-0.1, -0.05) is 19.1 Å². The number of carbonyl (C=O) groups is 1. The van der Waals surface area contributed by atoms with Crippen LogP contribution >= 0.6 is 11.8 Å². The zero-order valence-corrected chi connectivity index (χ0v) is 13.7. The summed E-state index contributed by atoms with van der Waals surface area (Å²) < 4.78 is 10.5. The number of nitrogens with one attached hydrogen (secondary N) is 1. The first-order valence-electron chi connectivity index (χ1n) is 6.94. The average molecular weight is 317 g/mol. The number of ether oxygens (including phenoxy) is 2. The van der Waals surface area contributed by atoms with Crippen molar-refractivity contribution in [1.29, 1.82) is 0 Å². The van der Waals surface area contributed by atoms with Crippen LogP contribution in [0.3, 0.4) is 0 Å². The number of methoxy groups -OCH3 is 2. The van der Waals surface area contributed by atoms with Crippen molar-refractivity contribution in [3.05, 3.63) is 48.0 Å². The molecule has 0 heterocycles. The number of amides is 1. The van der Waals surface area contributed by atoms with Crippen molar-refractivity contribution in [1.82, 2.24) is 0 Å². The maximum absolute atomic E-state index is 12.5. The molecule has 0 aliphatic rings. The number of thioether (sulfide) groups is 1. The standard InChI is InChI=1S/C17H19NO3S/c1-4-22-16-8-6-5-7-13(16)17(19)18-14-10-9-12(20-2)11-15(14)21-3/h5-11H,4H2,1-3H3,(H,18,19). The second-order valence-corrected chi connectivity index (χ2v) is 5.76. The van der Waals surface area contributed by atoms with E-state index in [0.717, 1.165) is 10.6 Å². The monoisotopic (exact) mass is 317 g/mol. The van der Waals surface area contributed by atoms with E-state index in [0.29, 0.717) is 22.7 Å². The highest BCUT2D eigenvalue weighted by Crippen LogP contribution is 2.30. The largest absolute Gasteiger partial charge is 0.497 e. The number of anilines is 1. The lowest BCUT2D eigenvalue weighted by atomic mass is 10.2. The number of rotatable bonds is 6. The Morgan fingerprint density at radius 2 is 1.91 bits per heavy atom. The summed E-state index contributed by atoms with van der Waals surface area (Å²) in [5.41, 5.74) is 1.27. The third kappa shape index (κ3) is 3.74. The summed E-state index contributed by atoms with van der Waals surface area (Å²) in [5.74, 6) is 2.00. The van der Waals surface area contributed by atoms with Crippen LogP contribution in [0.25, 0.3) is 0 Å². The Balaban J connectivity index is 2.26. The first-order valence-corrected chi connectivity index (χ1v) is 7.93. The molecule has 0 aliphatic heterocycles. The predicted molar refractivity (Wildman–Crippen MR) is 90.3 cm³/mol. The Morgan fingerprint density at radius 3 is 2.59 bits per heavy atom. The van der Waals surface area contributed by atoms with Crippen LogP contribution in [0.5, 0.6) is 11.5 Å². The second kappa shape index (κ2) is 7.75. The topological polar surface area (TPSA) is 47.6 Å². The van der Waals surface area contributed by atoms with Gasteiger partial charge in [0.25, 0.3) is 5.91 Å². The number of benzene rings is 2. The average Bonchev–Trinajstić information content (AvgIpc) is 2.56. The Kier molecular flexibility index (Phi) is 5.72. The van der Waals surface area contributed by atoms with Crippen LogP contribution in [0.1, 0.15) is 17.3 Å². The maximum atomic E-state index is 12.5. The van der Waals surface area contributed by atoms with Crippen molar-refractivity contribution in [3.8, 4) is 11.5 Å². The van der Waals surface area contributed by atoms with E-state index >= 15 is 0 Å². The number of hydrogen-bond acceptors (Lipinski definition) is 4. The van der Waals surface area contributed by atoms with Crippen molar-refractivity contribution in [2.24, 2.45) is 0 Å². The smallest absolute Gasteiger partial charge is 0.256 e. The molecule has 2 aromatic carbocycles. The van der Waals surface area contributed by atoms with Crippen LogP contribution in [0.15, 0.2) is 47.4 Å². The molecule has 4 nitrogen and oxygen atoms in total. The summed E-state index contributed by atoms with van der Waals surface area (Å²) in [6.07, 6.45) is 0. The minimum atomic E-state index is -0.153. The lowest BCUT2D eigenvalue weighted by Crippen LogP contribution is -2.13. The van der Waals surface area contributed by atoms with E-state index in [4.69, 9.17) is 9.47 Å². The third-order valence-corrected chi connectivity index (χ3v) is 4.04. The van der Waals surface area contributed by atoms with Gasteiger partial charge in [0.05, 0.1) is 25.5 Å². The van der Waals surface area contributed by atoms with E-state index in [-0.39, 0.29) is 5.91 Å². The molecule has 0 unspecified atom stereocenters. The van der Waals surface area contributed by atoms with Crippen LogP contribution in [0.4, 0.5) is 5.69 Å². The zero-order chi connectivity index (χ0) is 15.9. The fourth-order valence-corrected chi connectivity index (χ4v) is 2.83. The van der Waals surface area contributed by atoms with Gasteiger partial charge in [0.1, 0.15) is 11.5 Å². The van der Waals surface area contributed by atoms with Crippen LogP contribution < -0.4 is 14.8 Å². The first kappa shape index (κ1) is 16.2. The highest BCUT2D eigenvalue weighted by Gasteiger charge is 2.14. The SMILES string of the molecule is CCSc1ccccc1C(=O)Nc1ccc(OC)cc1OC. The molecule has 1 amide bonds. The van der Waals surface area contributed by atoms with Gasteiger partial charge in [0.2, 0.25) is 0 Å². The molecule has 0 atom stereocenters. The van der Waals surface area contributed by atoms with Gasteiger partial charge in [-0.2, -0.15) is 0 Å². The predicted octanol–water partition coefficient (Wildman–Crippen LogP) is 4.07. The van der Waals surface area contributed by atoms with Crippen LogP contribution in [-0.2, 0) is 0 Å². The van der Waals surface area contributed by atoms with Crippen molar-refractivity contribution in [3.63, 3.8) is 0 Å². The minimum absolute atomic E-state index is 0.153. The van der Waals surface area contributed by atoms with Gasteiger partial charge in [-0.3, -0.25) is 4.79 Å². The lowest BCUT2D eigenvalue weighted by molar-refractivity contribution is 0.102. The molecule has 0 aliphatic carbocycles. The molecule has 0 spiro atoms. The number of carbonyl (C=O) groups excluding carboxylic acids is 1. The van der Waals surface area contributed by atoms with Gasteiger partial charge in [0.15, 0.2) is 0 Å². The van der Waals surface area contributed by atoms with E-state index in [1.54, 1.807) is 44.2 Å². The molecule has 2 aromatic rings. The van der Waals surface area contributed by atoms with Crippen molar-refractivity contribution >= 4 is 23.4 Å². The molecular formula is C17H19NO3S. The summed E-state index contributed by atoms with van der Waals surface area (Å²) in [5, 5.41) is 2.90. The van der Waals surface area contributed by atoms with E-state index in [1.165, 1.54) is 0 Å². The Bertz CT molecular complexity index is 658. The summed E-state index contributed by atoms with van der Waals surface area (Å²) in [7, 11) is 3.15. The van der Waals surface area contributed by atoms with Gasteiger partial charge in [-0.25, -0.2) is 0 Å². The molecule has 22 heavy (non-hydrogen) atoms. The fourth-order valence-electron chi connectivity index (χ4n) is 2.03. The summed E-state index contributed by atoms with van der Waals surface area (Å²) in [4.78, 5) is 13.5. The van der Waals surface area contributed by atoms with E-state index in [1.807, 2.05) is 24.3 Å². The fraction of sp³-hybridized carbons (Fsp3) is 0.235. The molecule has 0 bridgehead atoms. The van der Waals surface area contributed by atoms with Gasteiger partial charge < -0.3 is 14.8 Å². The quantitative estimate of drug-likeness (QED) is 0.816. The van der Waals surface area contributed by atoms with E-state index < -0.39 is 0 Å². The Morgan fingerprint density at radius 1 is 1.14 bits per heavy atom. The molecule has 116 valence electrons. The first-order chi connectivity index (χ1) is 10.7. The molecule has 2 rings (SSSR count). The van der Waals surface area contributed by atoms with Crippen molar-refractivity contribution < 1.29 is 14.3 Å². The lowest BCUT2D eigenvalue weighted by Gasteiger charge is -2.13. The summed E-state index contributed by atoms with van der Waals surface area (Å²) >= 11 is 1.64. The highest BCUT2D eigenvalue weighted by molar-refractivity contribution is 7.99. The molecule has 5 heteroatoms. The molecule has 0 saturated heterocycles. The highest BCUT2D eigenvalue weighted by atomic mass is 32.2. The van der Waals surface area contributed by atoms with Crippen LogP contribution in [-0.4, -0.2) is 25.9 Å². The molecule has 0 aromatic heterocycles. The molecule has 0 saturated carbocycles. The second-order valence-electron chi connectivity index (χ2n) is 4.45. The van der Waals surface area contributed by atoms with Gasteiger partial charge in [-0.05, 0) is 30.0 Å². The molecule has 1 N–H and O–H groups in total. The molecule has 0 fully saturated rings. The zero-order valence-electron chi connectivity index (χ0n) is 12.9. The molecule has 0 radical (unpaired) electrons. The number of hydrogen-bond donors (Lipinski definition) is 1. The van der Waals surface area contributed by atoms with Gasteiger partial charge >= 0.3 is 0 Å². The van der Waals surface area contributed by atoms with E-state index in [9.17, 15) is 4.79 Å². The summed E-state index contributed by atoms with van der Waals surface area (Å²) in [6, 6.07) is 12.9. The third-order valence-electron chi connectivity index (χ3n) is 3.09. The Labute approximate surface area is 134 Å². The molecular weight excluding hydrogens is 298 g/mol. The van der Waals surface area contributed by atoms with Gasteiger partial charge in [0, 0.05) is 11.0 Å². The van der Waals surface area contributed by atoms with E-state index in [2.05, 4.69) is 12.2 Å². The normalized spacial score (nSPS) is 10.1. The van der Waals surface area contributed by atoms with Crippen LogP contribution in [0.2, 0.25) is 0 Å². The summed E-state index contributed by atoms with van der Waals surface area (Å²) in [6.45, 7) is 2.06. The van der Waals surface area contributed by atoms with Crippen LogP contribution in [0, 0.1) is 0 Å². The van der Waals surface area contributed by atoms with Crippen molar-refractivity contribution in [2.45, 2.75) is 11.8 Å². The Hall–Kier alpha value is -2.14. The maximum Gasteiger partial charge on any atom is 0.256 e. The van der Waals surface area contributed by atoms with Gasteiger partial charge in [-0.15, -0.1) is 11.8 Å². The minimum Gasteiger partial charge on any atom is -0.497 e.